The van der Waals surface area contributed by atoms with Crippen LogP contribution < -0.4 is 16.2 Å². The first kappa shape index (κ1) is 18.3. The van der Waals surface area contributed by atoms with Gasteiger partial charge in [-0.05, 0) is 29.7 Å². The highest BCUT2D eigenvalue weighted by Crippen LogP contribution is 2.35. The lowest BCUT2D eigenvalue weighted by Gasteiger charge is -2.43. The lowest BCUT2D eigenvalue weighted by molar-refractivity contribution is -0.171. The fourth-order valence-corrected chi connectivity index (χ4v) is 4.35. The van der Waals surface area contributed by atoms with E-state index >= 15 is 0 Å². The molecular weight excluding hydrogens is 406 g/mol. The van der Waals surface area contributed by atoms with Gasteiger partial charge in [0.15, 0.2) is 5.66 Å². The van der Waals surface area contributed by atoms with Crippen LogP contribution in [0.1, 0.15) is 19.3 Å². The number of aliphatic imine (C=N–C) groups is 2. The maximum absolute atomic E-state index is 6.04. The molecule has 4 N–H and O–H groups in total. The van der Waals surface area contributed by atoms with Crippen LogP contribution in [-0.2, 0) is 4.84 Å². The third kappa shape index (κ3) is 4.59. The van der Waals surface area contributed by atoms with Crippen LogP contribution in [0, 0.1) is 0 Å². The van der Waals surface area contributed by atoms with Crippen LogP contribution >= 0.6 is 27.7 Å². The molecule has 1 saturated heterocycles. The first-order valence-electron chi connectivity index (χ1n) is 8.18. The fraction of sp³-hybridized carbons (Fsp3) is 0.500. The molecular formula is C16H22BrN5O2S. The van der Waals surface area contributed by atoms with Crippen molar-refractivity contribution in [1.29, 1.82) is 0 Å². The smallest absolute Gasteiger partial charge is 0.226 e. The molecule has 1 aromatic carbocycles. The van der Waals surface area contributed by atoms with Gasteiger partial charge in [0.25, 0.3) is 0 Å². The molecule has 0 saturated carbocycles. The summed E-state index contributed by atoms with van der Waals surface area (Å²) < 4.78 is 6.71. The third-order valence-corrected chi connectivity index (χ3v) is 5.48. The minimum atomic E-state index is -0.522. The molecule has 3 rings (SSSR count). The van der Waals surface area contributed by atoms with E-state index in [2.05, 4.69) is 25.9 Å². The van der Waals surface area contributed by atoms with Crippen LogP contribution in [0.25, 0.3) is 0 Å². The van der Waals surface area contributed by atoms with Gasteiger partial charge in [0.1, 0.15) is 5.75 Å². The molecule has 0 atom stereocenters. The molecule has 2 aliphatic rings. The Balaban J connectivity index is 1.51. The van der Waals surface area contributed by atoms with E-state index in [1.54, 1.807) is 5.06 Å². The standard InChI is InChI=1S/C16H22BrN5O2S/c17-12-3-1-4-13(11-12)23-7-2-8-24-22-15(19)20-14(18)21-16(22)5-9-25-10-6-16/h1,3-4,11H,2,5-10H2,(H4,18,19,20,21). The quantitative estimate of drug-likeness (QED) is 0.675. The minimum Gasteiger partial charge on any atom is -0.493 e. The van der Waals surface area contributed by atoms with Gasteiger partial charge in [-0.1, -0.05) is 22.0 Å². The number of thioether (sulfide) groups is 1. The summed E-state index contributed by atoms with van der Waals surface area (Å²) in [4.78, 5) is 14.5. The van der Waals surface area contributed by atoms with E-state index in [0.717, 1.165) is 41.0 Å². The average molecular weight is 428 g/mol. The fourth-order valence-electron chi connectivity index (χ4n) is 2.82. The Bertz CT molecular complexity index is 664. The molecule has 2 heterocycles. The summed E-state index contributed by atoms with van der Waals surface area (Å²) in [6, 6.07) is 7.76. The number of ether oxygens (including phenoxy) is 1. The largest absolute Gasteiger partial charge is 0.493 e. The summed E-state index contributed by atoms with van der Waals surface area (Å²) in [6.45, 7) is 1.02. The van der Waals surface area contributed by atoms with Crippen molar-refractivity contribution in [2.24, 2.45) is 21.5 Å². The second-order valence-electron chi connectivity index (χ2n) is 5.82. The highest BCUT2D eigenvalue weighted by molar-refractivity contribution is 9.10. The molecule has 0 aromatic heterocycles. The van der Waals surface area contributed by atoms with Gasteiger partial charge in [-0.15, -0.1) is 0 Å². The molecule has 9 heteroatoms. The summed E-state index contributed by atoms with van der Waals surface area (Å²) >= 11 is 5.33. The van der Waals surface area contributed by atoms with E-state index in [1.165, 1.54) is 0 Å². The van der Waals surface area contributed by atoms with Crippen molar-refractivity contribution in [2.45, 2.75) is 24.9 Å². The summed E-state index contributed by atoms with van der Waals surface area (Å²) in [6.07, 6.45) is 2.40. The normalized spacial score (nSPS) is 19.5. The van der Waals surface area contributed by atoms with Crippen LogP contribution in [0.5, 0.6) is 5.75 Å². The molecule has 0 bridgehead atoms. The van der Waals surface area contributed by atoms with E-state index in [-0.39, 0.29) is 11.9 Å². The van der Waals surface area contributed by atoms with Crippen LogP contribution in [0.2, 0.25) is 0 Å². The predicted octanol–water partition coefficient (Wildman–Crippen LogP) is 2.32. The van der Waals surface area contributed by atoms with Crippen molar-refractivity contribution < 1.29 is 9.57 Å². The van der Waals surface area contributed by atoms with Crippen molar-refractivity contribution in [3.05, 3.63) is 28.7 Å². The van der Waals surface area contributed by atoms with E-state index < -0.39 is 5.66 Å². The molecule has 1 aromatic rings. The van der Waals surface area contributed by atoms with Crippen molar-refractivity contribution in [3.63, 3.8) is 0 Å². The second-order valence-corrected chi connectivity index (χ2v) is 7.96. The van der Waals surface area contributed by atoms with Gasteiger partial charge in [-0.25, -0.2) is 4.99 Å². The number of benzene rings is 1. The molecule has 0 aliphatic carbocycles. The number of halogens is 1. The van der Waals surface area contributed by atoms with E-state index in [9.17, 15) is 0 Å². The first-order chi connectivity index (χ1) is 12.1. The number of hydrogen-bond donors (Lipinski definition) is 2. The molecule has 136 valence electrons. The molecule has 1 spiro atoms. The van der Waals surface area contributed by atoms with Crippen molar-refractivity contribution in [3.8, 4) is 5.75 Å². The topological polar surface area (TPSA) is 98.5 Å². The Kier molecular flexibility index (Phi) is 6.08. The van der Waals surface area contributed by atoms with Crippen LogP contribution in [0.4, 0.5) is 0 Å². The van der Waals surface area contributed by atoms with Gasteiger partial charge in [-0.3, -0.25) is 4.84 Å². The monoisotopic (exact) mass is 427 g/mol. The van der Waals surface area contributed by atoms with Gasteiger partial charge < -0.3 is 16.2 Å². The average Bonchev–Trinajstić information content (AvgIpc) is 2.57. The number of rotatable bonds is 6. The van der Waals surface area contributed by atoms with E-state index in [0.29, 0.717) is 13.2 Å². The summed E-state index contributed by atoms with van der Waals surface area (Å²) in [5.74, 6) is 3.31. The molecule has 2 aliphatic heterocycles. The molecule has 25 heavy (non-hydrogen) atoms. The van der Waals surface area contributed by atoms with Crippen LogP contribution in [-0.4, -0.2) is 47.4 Å². The zero-order valence-corrected chi connectivity index (χ0v) is 16.3. The van der Waals surface area contributed by atoms with Crippen LogP contribution in [0.3, 0.4) is 0 Å². The Labute approximate surface area is 159 Å². The zero-order valence-electron chi connectivity index (χ0n) is 13.9. The minimum absolute atomic E-state index is 0.224. The number of hydroxylamine groups is 2. The Morgan fingerprint density at radius 2 is 2.04 bits per heavy atom. The molecule has 1 fully saturated rings. The van der Waals surface area contributed by atoms with Crippen molar-refractivity contribution in [1.82, 2.24) is 5.06 Å². The third-order valence-electron chi connectivity index (χ3n) is 4.01. The van der Waals surface area contributed by atoms with Gasteiger partial charge in [-0.2, -0.15) is 21.8 Å². The van der Waals surface area contributed by atoms with Crippen molar-refractivity contribution >= 4 is 39.6 Å². The summed E-state index contributed by atoms with van der Waals surface area (Å²) in [7, 11) is 0. The lowest BCUT2D eigenvalue weighted by atomic mass is 10.0. The maximum Gasteiger partial charge on any atom is 0.226 e. The molecule has 7 nitrogen and oxygen atoms in total. The zero-order chi connectivity index (χ0) is 17.7. The van der Waals surface area contributed by atoms with Gasteiger partial charge in [0, 0.05) is 23.7 Å². The van der Waals surface area contributed by atoms with E-state index in [4.69, 9.17) is 21.0 Å². The van der Waals surface area contributed by atoms with E-state index in [1.807, 2.05) is 36.0 Å². The Hall–Kier alpha value is -1.45. The predicted molar refractivity (Wildman–Crippen MR) is 105 cm³/mol. The maximum atomic E-state index is 6.04. The molecule has 0 radical (unpaired) electrons. The van der Waals surface area contributed by atoms with Crippen molar-refractivity contribution in [2.75, 3.05) is 24.7 Å². The Morgan fingerprint density at radius 1 is 1.24 bits per heavy atom. The first-order valence-corrected chi connectivity index (χ1v) is 10.1. The summed E-state index contributed by atoms with van der Waals surface area (Å²) in [5, 5.41) is 1.64. The number of hydrogen-bond acceptors (Lipinski definition) is 8. The molecule has 0 amide bonds. The van der Waals surface area contributed by atoms with Gasteiger partial charge in [0.2, 0.25) is 11.9 Å². The number of nitrogens with zero attached hydrogens (tertiary/aromatic N) is 3. The SMILES string of the molecule is NC1=NC2(CCSCC2)N(OCCCOc2cccc(Br)c2)C(N)=N1. The summed E-state index contributed by atoms with van der Waals surface area (Å²) in [5.41, 5.74) is 11.3. The Morgan fingerprint density at radius 3 is 2.80 bits per heavy atom. The molecule has 0 unspecified atom stereocenters. The highest BCUT2D eigenvalue weighted by atomic mass is 79.9. The lowest BCUT2D eigenvalue weighted by Crippen LogP contribution is -2.58. The van der Waals surface area contributed by atoms with Crippen LogP contribution in [0.15, 0.2) is 38.7 Å². The number of nitrogens with two attached hydrogens (primary N) is 2. The second kappa shape index (κ2) is 8.29. The van der Waals surface area contributed by atoms with Gasteiger partial charge >= 0.3 is 0 Å². The number of guanidine groups is 2. The van der Waals surface area contributed by atoms with Gasteiger partial charge in [0.05, 0.1) is 13.2 Å². The highest BCUT2D eigenvalue weighted by Gasteiger charge is 2.43.